The molecular weight excluding hydrogens is 246 g/mol. The molecule has 1 saturated carbocycles. The van der Waals surface area contributed by atoms with E-state index in [1.807, 2.05) is 0 Å². The quantitative estimate of drug-likeness (QED) is 0.893. The number of aliphatic hydroxyl groups is 1. The number of hydrogen-bond donors (Lipinski definition) is 1. The van der Waals surface area contributed by atoms with Gasteiger partial charge < -0.3 is 10.0 Å². The highest BCUT2D eigenvalue weighted by molar-refractivity contribution is 5.25. The molecule has 0 aromatic heterocycles. The molecule has 1 unspecified atom stereocenters. The van der Waals surface area contributed by atoms with E-state index in [0.29, 0.717) is 0 Å². The molecule has 0 aliphatic heterocycles. The minimum Gasteiger partial charge on any atom is -0.390 e. The van der Waals surface area contributed by atoms with Gasteiger partial charge in [0.25, 0.3) is 0 Å². The molecule has 112 valence electrons. The van der Waals surface area contributed by atoms with Gasteiger partial charge in [-0.3, -0.25) is 0 Å². The first kappa shape index (κ1) is 5.40. The molecule has 0 spiro atoms. The second-order valence-electron chi connectivity index (χ2n) is 4.99. The van der Waals surface area contributed by atoms with Gasteiger partial charge >= 0.3 is 0 Å². The summed E-state index contributed by atoms with van der Waals surface area (Å²) in [5, 5.41) is 11.5. The van der Waals surface area contributed by atoms with Crippen molar-refractivity contribution in [2.75, 3.05) is 20.6 Å². The molecule has 0 saturated heterocycles. The van der Waals surface area contributed by atoms with Crippen LogP contribution in [0, 0.1) is 6.92 Å². The molecule has 0 bridgehead atoms. The van der Waals surface area contributed by atoms with Crippen LogP contribution in [0.5, 0.6) is 0 Å². The van der Waals surface area contributed by atoms with Crippen molar-refractivity contribution >= 4 is 0 Å². The summed E-state index contributed by atoms with van der Waals surface area (Å²) in [5.74, 6) is -2.26. The lowest BCUT2D eigenvalue weighted by Crippen LogP contribution is -2.35. The summed E-state index contributed by atoms with van der Waals surface area (Å²) >= 11 is 0. The van der Waals surface area contributed by atoms with Gasteiger partial charge in [0.15, 0.2) is 0 Å². The normalized spacial score (nSPS) is 45.2. The van der Waals surface area contributed by atoms with Gasteiger partial charge in [-0.2, -0.15) is 0 Å². The molecule has 1 fully saturated rings. The van der Waals surface area contributed by atoms with Gasteiger partial charge in [-0.05, 0) is 51.6 Å². The van der Waals surface area contributed by atoms with Gasteiger partial charge in [0.05, 0.1) is 5.60 Å². The zero-order chi connectivity index (χ0) is 27.0. The van der Waals surface area contributed by atoms with Crippen LogP contribution in [0.3, 0.4) is 0 Å². The van der Waals surface area contributed by atoms with Gasteiger partial charge in [0.2, 0.25) is 0 Å². The minimum atomic E-state index is -3.73. The van der Waals surface area contributed by atoms with E-state index < -0.39 is 63.3 Å². The van der Waals surface area contributed by atoms with Gasteiger partial charge in [-0.1, -0.05) is 48.9 Å². The van der Waals surface area contributed by atoms with Crippen LogP contribution in [0.1, 0.15) is 74.5 Å². The molecule has 0 amide bonds. The van der Waals surface area contributed by atoms with Crippen molar-refractivity contribution in [1.29, 1.82) is 0 Å². The largest absolute Gasteiger partial charge is 0.390 e. The summed E-state index contributed by atoms with van der Waals surface area (Å²) in [5.41, 5.74) is -2.76. The predicted molar refractivity (Wildman–Crippen MR) is 85.1 cm³/mol. The Morgan fingerprint density at radius 2 is 2.00 bits per heavy atom. The first-order chi connectivity index (χ1) is 14.8. The van der Waals surface area contributed by atoms with E-state index in [0.717, 1.165) is 17.5 Å². The van der Waals surface area contributed by atoms with Crippen LogP contribution in [0.15, 0.2) is 24.3 Å². The van der Waals surface area contributed by atoms with Crippen LogP contribution >= 0.6 is 0 Å². The van der Waals surface area contributed by atoms with E-state index in [1.54, 1.807) is 19.1 Å². The Bertz CT molecular complexity index is 880. The summed E-state index contributed by atoms with van der Waals surface area (Å²) in [4.78, 5) is 0.764. The maximum Gasteiger partial charge on any atom is 0.0654 e. The third-order valence-electron chi connectivity index (χ3n) is 3.02. The van der Waals surface area contributed by atoms with Gasteiger partial charge in [0.1, 0.15) is 0 Å². The Kier molecular flexibility index (Phi) is 1.82. The molecular formula is C18H29NO. The van der Waals surface area contributed by atoms with E-state index in [4.69, 9.17) is 19.2 Å². The lowest BCUT2D eigenvalue weighted by Gasteiger charge is -2.36. The Morgan fingerprint density at radius 3 is 2.60 bits per heavy atom. The maximum absolute atomic E-state index is 11.5. The third-order valence-corrected chi connectivity index (χ3v) is 3.02. The Balaban J connectivity index is 2.80. The molecule has 2 rings (SSSR count). The SMILES string of the molecule is [2H]C(CN(C)C([2H])([2H])[2H])(CC1(O)C([2H])([2H])C([2H])([2H])C([2H])([2H])C([2H])([2H])C1([2H])[2H])c1ccc(C)cc1. The molecule has 2 nitrogen and oxygen atoms in total. The smallest absolute Gasteiger partial charge is 0.0654 e. The maximum atomic E-state index is 11.5. The van der Waals surface area contributed by atoms with Crippen molar-refractivity contribution in [1.82, 2.24) is 4.90 Å². The summed E-state index contributed by atoms with van der Waals surface area (Å²) in [6, 6.07) is 5.96. The molecule has 1 atom stereocenters. The van der Waals surface area contributed by atoms with E-state index >= 15 is 0 Å². The summed E-state index contributed by atoms with van der Waals surface area (Å²) in [7, 11) is 1.15. The van der Waals surface area contributed by atoms with Crippen LogP contribution in [0.2, 0.25) is 0 Å². The monoisotopic (exact) mass is 289 g/mol. The van der Waals surface area contributed by atoms with E-state index in [1.165, 1.54) is 12.1 Å². The topological polar surface area (TPSA) is 23.5 Å². The number of benzene rings is 1. The molecule has 1 N–H and O–H groups in total. The zero-order valence-electron chi connectivity index (χ0n) is 25.6. The van der Waals surface area contributed by atoms with Crippen molar-refractivity contribution in [3.05, 3.63) is 35.4 Å². The zero-order valence-corrected chi connectivity index (χ0v) is 11.6. The molecule has 0 heterocycles. The Morgan fingerprint density at radius 1 is 1.35 bits per heavy atom. The van der Waals surface area contributed by atoms with E-state index in [9.17, 15) is 5.11 Å². The average molecular weight is 290 g/mol. The van der Waals surface area contributed by atoms with E-state index in [2.05, 4.69) is 0 Å². The number of rotatable bonds is 5. The van der Waals surface area contributed by atoms with Crippen LogP contribution in [0.4, 0.5) is 0 Å². The predicted octanol–water partition coefficient (Wildman–Crippen LogP) is 3.73. The van der Waals surface area contributed by atoms with Crippen molar-refractivity contribution in [3.63, 3.8) is 0 Å². The average Bonchev–Trinajstić information content (AvgIpc) is 2.65. The highest BCUT2D eigenvalue weighted by Gasteiger charge is 2.32. The highest BCUT2D eigenvalue weighted by Crippen LogP contribution is 2.36. The first-order valence-corrected chi connectivity index (χ1v) is 6.34. The van der Waals surface area contributed by atoms with Crippen LogP contribution in [-0.2, 0) is 0 Å². The first-order valence-electron chi connectivity index (χ1n) is 13.3. The van der Waals surface area contributed by atoms with Gasteiger partial charge in [0, 0.05) is 25.7 Å². The van der Waals surface area contributed by atoms with Crippen LogP contribution in [-0.4, -0.2) is 36.2 Å². The fourth-order valence-corrected chi connectivity index (χ4v) is 2.05. The Labute approximate surface area is 143 Å². The van der Waals surface area contributed by atoms with E-state index in [-0.39, 0.29) is 5.56 Å². The van der Waals surface area contributed by atoms with Crippen molar-refractivity contribution in [2.45, 2.75) is 56.7 Å². The van der Waals surface area contributed by atoms with Gasteiger partial charge in [-0.25, -0.2) is 0 Å². The second kappa shape index (κ2) is 6.73. The number of aryl methyl sites for hydroxylation is 1. The molecule has 2 heteroatoms. The van der Waals surface area contributed by atoms with Crippen molar-refractivity contribution in [3.8, 4) is 0 Å². The number of nitrogens with zero attached hydrogens (tertiary/aromatic N) is 1. The van der Waals surface area contributed by atoms with Crippen LogP contribution in [0.25, 0.3) is 0 Å². The second-order valence-corrected chi connectivity index (χ2v) is 4.99. The van der Waals surface area contributed by atoms with Crippen molar-refractivity contribution in [2.24, 2.45) is 0 Å². The lowest BCUT2D eigenvalue weighted by molar-refractivity contribution is -0.0116. The summed E-state index contributed by atoms with van der Waals surface area (Å²) < 4.78 is 114. The molecule has 20 heavy (non-hydrogen) atoms. The molecule has 1 aromatic carbocycles. The summed E-state index contributed by atoms with van der Waals surface area (Å²) in [6.45, 7) is -1.66. The van der Waals surface area contributed by atoms with Gasteiger partial charge in [-0.15, -0.1) is 0 Å². The highest BCUT2D eigenvalue weighted by atomic mass is 16.3. The Hall–Kier alpha value is -0.860. The van der Waals surface area contributed by atoms with Crippen LogP contribution < -0.4 is 0 Å². The number of hydrogen-bond acceptors (Lipinski definition) is 2. The number of likely N-dealkylation sites (N-methyl/N-ethyl adjacent to an activating group) is 1. The molecule has 0 radical (unpaired) electrons. The third kappa shape index (κ3) is 4.32. The molecule has 1 aliphatic carbocycles. The minimum absolute atomic E-state index is 0.0592. The molecule has 1 aliphatic rings. The van der Waals surface area contributed by atoms with Crippen molar-refractivity contribution < 1.29 is 24.3 Å². The molecule has 1 aromatic rings. The fraction of sp³-hybridized carbons (Fsp3) is 0.667. The summed E-state index contributed by atoms with van der Waals surface area (Å²) in [6.07, 6.45) is -19.9. The lowest BCUT2D eigenvalue weighted by atomic mass is 9.77. The fourth-order valence-electron chi connectivity index (χ4n) is 2.05. The standard InChI is InChI=1S/C18H29NO/c1-15-7-9-16(10-8-15)17(14-19(2)3)13-18(20)11-5-4-6-12-18/h7-10,17,20H,4-6,11-14H2,1-3H3/i2D3,4D2,5D2,6D2,11D2,12D2,17D.